The number of halogens is 3. The number of alkyl halides is 2. The van der Waals surface area contributed by atoms with Crippen LogP contribution in [0.15, 0.2) is 18.2 Å². The molecule has 0 saturated heterocycles. The van der Waals surface area contributed by atoms with E-state index in [4.69, 9.17) is 10.4 Å². The summed E-state index contributed by atoms with van der Waals surface area (Å²) in [6, 6.07) is 5.37. The number of hydrogen-bond donors (Lipinski definition) is 2. The van der Waals surface area contributed by atoms with Gasteiger partial charge in [-0.1, -0.05) is 0 Å². The Hall–Kier alpha value is -1.58. The fourth-order valence-corrected chi connectivity index (χ4v) is 1.25. The first-order valence-corrected chi connectivity index (χ1v) is 4.86. The number of benzene rings is 1. The molecule has 3 nitrogen and oxygen atoms in total. The van der Waals surface area contributed by atoms with Gasteiger partial charge in [-0.25, -0.2) is 13.2 Å². The molecular weight excluding hydrogens is 233 g/mol. The summed E-state index contributed by atoms with van der Waals surface area (Å²) in [7, 11) is 0. The van der Waals surface area contributed by atoms with Gasteiger partial charge in [0.15, 0.2) is 0 Å². The summed E-state index contributed by atoms with van der Waals surface area (Å²) < 4.78 is 38.2. The zero-order valence-electron chi connectivity index (χ0n) is 8.88. The van der Waals surface area contributed by atoms with Gasteiger partial charge in [-0.15, -0.1) is 0 Å². The predicted octanol–water partition coefficient (Wildman–Crippen LogP) is 1.41. The molecule has 0 aliphatic rings. The molecular formula is C11H11F3N2O. The van der Waals surface area contributed by atoms with E-state index in [9.17, 15) is 13.2 Å². The first-order chi connectivity index (χ1) is 7.98. The lowest BCUT2D eigenvalue weighted by atomic mass is 10.1. The topological polar surface area (TPSA) is 56.0 Å². The lowest BCUT2D eigenvalue weighted by molar-refractivity contribution is -0.0477. The third-order valence-electron chi connectivity index (χ3n) is 2.12. The lowest BCUT2D eigenvalue weighted by Crippen LogP contribution is -2.35. The molecule has 0 heterocycles. The first-order valence-electron chi connectivity index (χ1n) is 4.86. The summed E-state index contributed by atoms with van der Waals surface area (Å²) in [5.41, 5.74) is 0.535. The predicted molar refractivity (Wildman–Crippen MR) is 54.9 cm³/mol. The van der Waals surface area contributed by atoms with Crippen molar-refractivity contribution >= 4 is 0 Å². The molecule has 1 aromatic carbocycles. The number of nitriles is 1. The number of nitrogens with zero attached hydrogens (tertiary/aromatic N) is 1. The van der Waals surface area contributed by atoms with E-state index in [2.05, 4.69) is 5.32 Å². The molecule has 0 atom stereocenters. The van der Waals surface area contributed by atoms with Crippen molar-refractivity contribution in [3.8, 4) is 6.07 Å². The van der Waals surface area contributed by atoms with Crippen LogP contribution >= 0.6 is 0 Å². The van der Waals surface area contributed by atoms with Crippen LogP contribution in [0.1, 0.15) is 11.1 Å². The van der Waals surface area contributed by atoms with Gasteiger partial charge >= 0.3 is 0 Å². The lowest BCUT2D eigenvalue weighted by Gasteiger charge is -2.14. The van der Waals surface area contributed by atoms with Crippen molar-refractivity contribution in [3.63, 3.8) is 0 Å². The van der Waals surface area contributed by atoms with Crippen LogP contribution in [0.4, 0.5) is 13.2 Å². The zero-order chi connectivity index (χ0) is 12.9. The first kappa shape index (κ1) is 13.5. The molecule has 1 rings (SSSR count). The Bertz CT molecular complexity index is 429. The summed E-state index contributed by atoms with van der Waals surface area (Å²) in [4.78, 5) is 0. The molecule has 0 amide bonds. The molecule has 1 aromatic rings. The van der Waals surface area contributed by atoms with Crippen LogP contribution in [0, 0.1) is 17.1 Å². The Kier molecular flexibility index (Phi) is 4.49. The van der Waals surface area contributed by atoms with E-state index in [-0.39, 0.29) is 12.1 Å². The van der Waals surface area contributed by atoms with Gasteiger partial charge in [0.25, 0.3) is 5.92 Å². The van der Waals surface area contributed by atoms with E-state index in [1.807, 2.05) is 6.07 Å². The molecule has 0 aromatic heterocycles. The normalized spacial score (nSPS) is 11.2. The fourth-order valence-electron chi connectivity index (χ4n) is 1.25. The fraction of sp³-hybridized carbons (Fsp3) is 0.364. The third-order valence-corrected chi connectivity index (χ3v) is 2.12. The van der Waals surface area contributed by atoms with Crippen molar-refractivity contribution in [2.45, 2.75) is 12.5 Å². The molecule has 2 N–H and O–H groups in total. The Labute approximate surface area is 96.5 Å². The van der Waals surface area contributed by atoms with E-state index < -0.39 is 24.9 Å². The van der Waals surface area contributed by atoms with Gasteiger partial charge in [-0.3, -0.25) is 0 Å². The van der Waals surface area contributed by atoms with Gasteiger partial charge in [-0.2, -0.15) is 5.26 Å². The molecule has 0 aliphatic carbocycles. The molecule has 6 heteroatoms. The summed E-state index contributed by atoms with van der Waals surface area (Å²) in [6.07, 6.45) is 0. The summed E-state index contributed by atoms with van der Waals surface area (Å²) in [5.74, 6) is -3.75. The van der Waals surface area contributed by atoms with Gasteiger partial charge in [0.1, 0.15) is 12.4 Å². The summed E-state index contributed by atoms with van der Waals surface area (Å²) >= 11 is 0. The van der Waals surface area contributed by atoms with E-state index in [1.165, 1.54) is 6.07 Å². The van der Waals surface area contributed by atoms with Crippen molar-refractivity contribution < 1.29 is 18.3 Å². The van der Waals surface area contributed by atoms with Gasteiger partial charge < -0.3 is 10.4 Å². The van der Waals surface area contributed by atoms with Gasteiger partial charge in [0, 0.05) is 6.54 Å². The highest BCUT2D eigenvalue weighted by atomic mass is 19.3. The number of aliphatic hydroxyl groups excluding tert-OH is 1. The van der Waals surface area contributed by atoms with Gasteiger partial charge in [-0.05, 0) is 23.8 Å². The second-order valence-electron chi connectivity index (χ2n) is 3.53. The third kappa shape index (κ3) is 4.06. The Morgan fingerprint density at radius 2 is 2.12 bits per heavy atom. The average Bonchev–Trinajstić information content (AvgIpc) is 2.29. The molecule has 0 unspecified atom stereocenters. The molecule has 0 aliphatic heterocycles. The van der Waals surface area contributed by atoms with Crippen molar-refractivity contribution in [2.24, 2.45) is 0 Å². The van der Waals surface area contributed by atoms with Crippen LogP contribution < -0.4 is 5.32 Å². The number of aliphatic hydroxyl groups is 1. The average molecular weight is 244 g/mol. The smallest absolute Gasteiger partial charge is 0.282 e. The molecule has 0 saturated carbocycles. The highest BCUT2D eigenvalue weighted by Gasteiger charge is 2.26. The summed E-state index contributed by atoms with van der Waals surface area (Å²) in [5, 5.41) is 19.4. The maximum Gasteiger partial charge on any atom is 0.282 e. The molecule has 0 bridgehead atoms. The van der Waals surface area contributed by atoms with E-state index in [1.54, 1.807) is 0 Å². The van der Waals surface area contributed by atoms with Gasteiger partial charge in [0.05, 0.1) is 18.2 Å². The van der Waals surface area contributed by atoms with E-state index in [0.29, 0.717) is 5.56 Å². The van der Waals surface area contributed by atoms with Crippen LogP contribution in [0.3, 0.4) is 0 Å². The second kappa shape index (κ2) is 5.66. The minimum atomic E-state index is -3.22. The van der Waals surface area contributed by atoms with Crippen molar-refractivity contribution in [1.29, 1.82) is 5.26 Å². The molecule has 0 fully saturated rings. The van der Waals surface area contributed by atoms with E-state index >= 15 is 0 Å². The zero-order valence-corrected chi connectivity index (χ0v) is 8.88. The number of rotatable bonds is 5. The number of nitrogens with one attached hydrogen (secondary N) is 1. The minimum absolute atomic E-state index is 0.0593. The minimum Gasteiger partial charge on any atom is -0.390 e. The van der Waals surface area contributed by atoms with Crippen LogP contribution in [0.25, 0.3) is 0 Å². The molecule has 17 heavy (non-hydrogen) atoms. The van der Waals surface area contributed by atoms with E-state index in [0.717, 1.165) is 12.1 Å². The van der Waals surface area contributed by atoms with Crippen LogP contribution in [0.2, 0.25) is 0 Å². The van der Waals surface area contributed by atoms with Crippen molar-refractivity contribution in [2.75, 3.05) is 13.2 Å². The Morgan fingerprint density at radius 1 is 1.41 bits per heavy atom. The summed E-state index contributed by atoms with van der Waals surface area (Å²) in [6.45, 7) is -2.05. The van der Waals surface area contributed by atoms with Crippen LogP contribution in [-0.2, 0) is 6.54 Å². The van der Waals surface area contributed by atoms with Crippen molar-refractivity contribution in [1.82, 2.24) is 5.32 Å². The quantitative estimate of drug-likeness (QED) is 0.823. The maximum atomic E-state index is 12.9. The number of hydrogen-bond acceptors (Lipinski definition) is 3. The SMILES string of the molecule is N#Cc1ccc(F)cc1CNCC(F)(F)CO. The Balaban J connectivity index is 2.64. The maximum absolute atomic E-state index is 12.9. The standard InChI is InChI=1S/C11H11F3N2O/c12-10-2-1-8(4-15)9(3-10)5-16-6-11(13,14)7-17/h1-3,16-17H,5-7H2. The molecule has 92 valence electrons. The molecule has 0 radical (unpaired) electrons. The van der Waals surface area contributed by atoms with Crippen LogP contribution in [0.5, 0.6) is 0 Å². The van der Waals surface area contributed by atoms with Crippen molar-refractivity contribution in [3.05, 3.63) is 35.1 Å². The second-order valence-corrected chi connectivity index (χ2v) is 3.53. The highest BCUT2D eigenvalue weighted by Crippen LogP contribution is 2.13. The largest absolute Gasteiger partial charge is 0.390 e. The highest BCUT2D eigenvalue weighted by molar-refractivity contribution is 5.37. The Morgan fingerprint density at radius 3 is 2.71 bits per heavy atom. The van der Waals surface area contributed by atoms with Crippen LogP contribution in [-0.4, -0.2) is 24.2 Å². The molecule has 0 spiro atoms. The van der Waals surface area contributed by atoms with Gasteiger partial charge in [0.2, 0.25) is 0 Å². The monoisotopic (exact) mass is 244 g/mol.